The molecule has 0 bridgehead atoms. The summed E-state index contributed by atoms with van der Waals surface area (Å²) in [5.41, 5.74) is 0.477. The molecule has 6 nitrogen and oxygen atoms in total. The minimum absolute atomic E-state index is 0.240. The Bertz CT molecular complexity index is 930. The molecule has 0 saturated carbocycles. The fourth-order valence-corrected chi connectivity index (χ4v) is 2.59. The third-order valence-corrected chi connectivity index (χ3v) is 3.68. The molecule has 0 aliphatic carbocycles. The van der Waals surface area contributed by atoms with E-state index in [0.29, 0.717) is 16.9 Å². The average molecular weight is 360 g/mol. The second-order valence-corrected chi connectivity index (χ2v) is 6.80. The number of carbonyl (C=O) groups excluding carboxylic acids is 1. The van der Waals surface area contributed by atoms with Crippen molar-refractivity contribution < 1.29 is 14.3 Å². The molecule has 0 amide bonds. The van der Waals surface area contributed by atoms with Gasteiger partial charge in [0.1, 0.15) is 10.8 Å². The van der Waals surface area contributed by atoms with Crippen LogP contribution >= 0.6 is 11.6 Å². The van der Waals surface area contributed by atoms with Crippen LogP contribution < -0.4 is 4.74 Å². The van der Waals surface area contributed by atoms with Gasteiger partial charge in [-0.25, -0.2) is 14.8 Å². The van der Waals surface area contributed by atoms with E-state index in [0.717, 1.165) is 5.56 Å². The molecule has 7 heteroatoms. The number of nitrogens with zero attached hydrogens (tertiary/aromatic N) is 3. The van der Waals surface area contributed by atoms with Gasteiger partial charge in [-0.1, -0.05) is 41.9 Å². The third kappa shape index (κ3) is 3.44. The molecular weight excluding hydrogens is 342 g/mol. The van der Waals surface area contributed by atoms with E-state index in [9.17, 15) is 4.79 Å². The topological polar surface area (TPSA) is 66.2 Å². The number of rotatable bonds is 2. The Morgan fingerprint density at radius 1 is 1.16 bits per heavy atom. The Morgan fingerprint density at radius 3 is 2.44 bits per heavy atom. The molecule has 0 saturated heterocycles. The number of aromatic nitrogens is 3. The molecule has 25 heavy (non-hydrogen) atoms. The minimum atomic E-state index is -0.655. The molecule has 0 unspecified atom stereocenters. The van der Waals surface area contributed by atoms with E-state index in [-0.39, 0.29) is 11.0 Å². The predicted octanol–water partition coefficient (Wildman–Crippen LogP) is 4.54. The van der Waals surface area contributed by atoms with Crippen molar-refractivity contribution in [2.75, 3.05) is 7.11 Å². The number of methoxy groups -OCH3 is 1. The fraction of sp³-hybridized carbons (Fsp3) is 0.278. The Kier molecular flexibility index (Phi) is 4.39. The highest BCUT2D eigenvalue weighted by Crippen LogP contribution is 2.31. The third-order valence-electron chi connectivity index (χ3n) is 3.40. The van der Waals surface area contributed by atoms with Crippen LogP contribution in [0, 0.1) is 0 Å². The Labute approximate surface area is 150 Å². The zero-order chi connectivity index (χ0) is 18.2. The minimum Gasteiger partial charge on any atom is -0.482 e. The highest BCUT2D eigenvalue weighted by Gasteiger charge is 2.25. The first kappa shape index (κ1) is 17.2. The number of hydrogen-bond donors (Lipinski definition) is 0. The second-order valence-electron chi connectivity index (χ2n) is 6.44. The summed E-state index contributed by atoms with van der Waals surface area (Å²) in [7, 11) is 1.47. The summed E-state index contributed by atoms with van der Waals surface area (Å²) in [4.78, 5) is 21.5. The van der Waals surface area contributed by atoms with Crippen molar-refractivity contribution in [3.8, 4) is 17.3 Å². The van der Waals surface area contributed by atoms with Gasteiger partial charge in [0.05, 0.1) is 12.5 Å². The van der Waals surface area contributed by atoms with E-state index in [1.165, 1.54) is 11.7 Å². The van der Waals surface area contributed by atoms with Crippen molar-refractivity contribution in [3.05, 3.63) is 41.6 Å². The van der Waals surface area contributed by atoms with Gasteiger partial charge in [0.2, 0.25) is 5.88 Å². The van der Waals surface area contributed by atoms with Crippen molar-refractivity contribution in [2.45, 2.75) is 26.4 Å². The Hall–Kier alpha value is -2.60. The molecule has 0 aliphatic heterocycles. The van der Waals surface area contributed by atoms with E-state index >= 15 is 0 Å². The van der Waals surface area contributed by atoms with Gasteiger partial charge in [0, 0.05) is 11.6 Å². The molecular formula is C18H18ClN3O3. The van der Waals surface area contributed by atoms with Crippen molar-refractivity contribution in [1.82, 2.24) is 14.5 Å². The Balaban J connectivity index is 2.21. The highest BCUT2D eigenvalue weighted by molar-refractivity contribution is 6.34. The van der Waals surface area contributed by atoms with Crippen LogP contribution in [0.15, 0.2) is 36.4 Å². The Morgan fingerprint density at radius 2 is 1.84 bits per heavy atom. The van der Waals surface area contributed by atoms with Gasteiger partial charge >= 0.3 is 6.09 Å². The van der Waals surface area contributed by atoms with Crippen LogP contribution in [0.4, 0.5) is 4.79 Å². The predicted molar refractivity (Wildman–Crippen MR) is 96.2 cm³/mol. The van der Waals surface area contributed by atoms with Crippen LogP contribution in [-0.4, -0.2) is 33.3 Å². The zero-order valence-electron chi connectivity index (χ0n) is 14.4. The molecule has 0 fully saturated rings. The lowest BCUT2D eigenvalue weighted by atomic mass is 10.2. The summed E-state index contributed by atoms with van der Waals surface area (Å²) >= 11 is 6.32. The van der Waals surface area contributed by atoms with E-state index < -0.39 is 11.7 Å². The quantitative estimate of drug-likeness (QED) is 0.628. The maximum atomic E-state index is 12.6. The molecule has 3 rings (SSSR count). The number of halogens is 1. The first-order chi connectivity index (χ1) is 11.8. The van der Waals surface area contributed by atoms with Crippen LogP contribution in [0.3, 0.4) is 0 Å². The van der Waals surface area contributed by atoms with Gasteiger partial charge in [-0.05, 0) is 20.8 Å². The van der Waals surface area contributed by atoms with Crippen LogP contribution in [0.1, 0.15) is 20.8 Å². The van der Waals surface area contributed by atoms with Crippen LogP contribution in [-0.2, 0) is 4.74 Å². The van der Waals surface area contributed by atoms with Crippen molar-refractivity contribution in [1.29, 1.82) is 0 Å². The largest absolute Gasteiger partial charge is 0.482 e. The summed E-state index contributed by atoms with van der Waals surface area (Å²) in [6.45, 7) is 5.38. The standard InChI is InChI=1S/C18H18ClN3O3/c1-18(2,3)25-17(23)22-13(24-4)10-12-14(19)20-15(21-16(12)22)11-8-6-5-7-9-11/h5-10H,1-4H3. The first-order valence-electron chi connectivity index (χ1n) is 7.72. The number of fused-ring (bicyclic) bond motifs is 1. The zero-order valence-corrected chi connectivity index (χ0v) is 15.2. The summed E-state index contributed by atoms with van der Waals surface area (Å²) in [6, 6.07) is 11.0. The number of benzene rings is 1. The first-order valence-corrected chi connectivity index (χ1v) is 8.09. The van der Waals surface area contributed by atoms with Crippen LogP contribution in [0.5, 0.6) is 5.88 Å². The monoisotopic (exact) mass is 359 g/mol. The second kappa shape index (κ2) is 6.37. The molecule has 0 radical (unpaired) electrons. The molecule has 3 aromatic rings. The fourth-order valence-electron chi connectivity index (χ4n) is 2.37. The van der Waals surface area contributed by atoms with E-state index in [2.05, 4.69) is 9.97 Å². The van der Waals surface area contributed by atoms with Gasteiger partial charge in [-0.2, -0.15) is 4.57 Å². The molecule has 2 aromatic heterocycles. The van der Waals surface area contributed by atoms with Gasteiger partial charge in [0.25, 0.3) is 0 Å². The smallest absolute Gasteiger partial charge is 0.423 e. The van der Waals surface area contributed by atoms with Crippen LogP contribution in [0.25, 0.3) is 22.4 Å². The molecule has 0 spiro atoms. The normalized spacial score (nSPS) is 11.6. The summed E-state index contributed by atoms with van der Waals surface area (Å²) in [5, 5.41) is 0.758. The molecule has 0 atom stereocenters. The summed E-state index contributed by atoms with van der Waals surface area (Å²) in [6.07, 6.45) is -0.590. The van der Waals surface area contributed by atoms with E-state index in [1.807, 2.05) is 30.3 Å². The molecule has 2 heterocycles. The van der Waals surface area contributed by atoms with Gasteiger partial charge in [-0.3, -0.25) is 0 Å². The lowest BCUT2D eigenvalue weighted by Gasteiger charge is -2.20. The maximum Gasteiger partial charge on any atom is 0.423 e. The SMILES string of the molecule is COc1cc2c(Cl)nc(-c3ccccc3)nc2n1C(=O)OC(C)(C)C. The average Bonchev–Trinajstić information content (AvgIpc) is 2.93. The highest BCUT2D eigenvalue weighted by atomic mass is 35.5. The van der Waals surface area contributed by atoms with Crippen LogP contribution in [0.2, 0.25) is 5.15 Å². The van der Waals surface area contributed by atoms with E-state index in [1.54, 1.807) is 26.8 Å². The number of carbonyl (C=O) groups is 1. The van der Waals surface area contributed by atoms with Crippen molar-refractivity contribution >= 4 is 28.7 Å². The molecule has 130 valence electrons. The van der Waals surface area contributed by atoms with Crippen molar-refractivity contribution in [2.24, 2.45) is 0 Å². The maximum absolute atomic E-state index is 12.6. The van der Waals surface area contributed by atoms with Gasteiger partial charge < -0.3 is 9.47 Å². The number of hydrogen-bond acceptors (Lipinski definition) is 5. The molecule has 1 aromatic carbocycles. The van der Waals surface area contributed by atoms with Crippen molar-refractivity contribution in [3.63, 3.8) is 0 Å². The molecule has 0 aliphatic rings. The molecule has 0 N–H and O–H groups in total. The van der Waals surface area contributed by atoms with Gasteiger partial charge in [-0.15, -0.1) is 0 Å². The van der Waals surface area contributed by atoms with Gasteiger partial charge in [0.15, 0.2) is 11.5 Å². The lowest BCUT2D eigenvalue weighted by molar-refractivity contribution is 0.0531. The summed E-state index contributed by atoms with van der Waals surface area (Å²) < 4.78 is 12.0. The lowest BCUT2D eigenvalue weighted by Crippen LogP contribution is -2.27. The van der Waals surface area contributed by atoms with E-state index in [4.69, 9.17) is 21.1 Å². The number of ether oxygens (including phenoxy) is 2. The summed E-state index contributed by atoms with van der Waals surface area (Å²) in [5.74, 6) is 0.703.